The summed E-state index contributed by atoms with van der Waals surface area (Å²) in [4.78, 5) is 16.3. The molecule has 0 aromatic heterocycles. The number of hydrogen-bond donors (Lipinski definition) is 0. The van der Waals surface area contributed by atoms with E-state index in [1.807, 2.05) is 6.92 Å². The molecule has 146 valence electrons. The van der Waals surface area contributed by atoms with E-state index in [0.717, 1.165) is 0 Å². The van der Waals surface area contributed by atoms with Crippen molar-refractivity contribution in [3.63, 3.8) is 0 Å². The quantitative estimate of drug-likeness (QED) is 0.528. The Morgan fingerprint density at radius 1 is 1.14 bits per heavy atom. The molecule has 0 unspecified atom stereocenters. The highest BCUT2D eigenvalue weighted by Crippen LogP contribution is 2.31. The summed E-state index contributed by atoms with van der Waals surface area (Å²) in [7, 11) is 1.33. The van der Waals surface area contributed by atoms with Gasteiger partial charge in [0.2, 0.25) is 5.90 Å². The molecule has 0 radical (unpaired) electrons. The topological polar surface area (TPSA) is 66.3 Å². The van der Waals surface area contributed by atoms with Crippen LogP contribution in [0.3, 0.4) is 0 Å². The summed E-state index contributed by atoms with van der Waals surface area (Å²) in [5.74, 6) is 0.258. The lowest BCUT2D eigenvalue weighted by Crippen LogP contribution is -2.05. The summed E-state index contributed by atoms with van der Waals surface area (Å²) < 4.78 is 44.8. The number of aliphatic imine (C=N–C) groups is 1. The van der Waals surface area contributed by atoms with Gasteiger partial charge in [0.15, 0.2) is 17.2 Å². The van der Waals surface area contributed by atoms with Gasteiger partial charge >= 0.3 is 12.6 Å². The Hall–Kier alpha value is -3.42. The SMILES string of the molecule is CCOc1ccc(C2=N/C(=C/c3ccc(OC(F)F)c(OC)c3)C(=O)O2)cc1. The van der Waals surface area contributed by atoms with Crippen LogP contribution >= 0.6 is 0 Å². The van der Waals surface area contributed by atoms with E-state index in [1.165, 1.54) is 31.4 Å². The number of methoxy groups -OCH3 is 1. The monoisotopic (exact) mass is 389 g/mol. The number of cyclic esters (lactones) is 1. The lowest BCUT2D eigenvalue weighted by Gasteiger charge is -2.10. The van der Waals surface area contributed by atoms with E-state index in [9.17, 15) is 13.6 Å². The van der Waals surface area contributed by atoms with Crippen molar-refractivity contribution in [2.24, 2.45) is 4.99 Å². The van der Waals surface area contributed by atoms with Crippen molar-refractivity contribution in [1.82, 2.24) is 0 Å². The first-order chi connectivity index (χ1) is 13.5. The van der Waals surface area contributed by atoms with E-state index < -0.39 is 12.6 Å². The number of hydrogen-bond acceptors (Lipinski definition) is 6. The minimum absolute atomic E-state index is 0.0773. The van der Waals surface area contributed by atoms with Gasteiger partial charge in [-0.1, -0.05) is 6.07 Å². The lowest BCUT2D eigenvalue weighted by atomic mass is 10.1. The van der Waals surface area contributed by atoms with Gasteiger partial charge < -0.3 is 18.9 Å². The number of halogens is 2. The third-order valence-corrected chi connectivity index (χ3v) is 3.74. The van der Waals surface area contributed by atoms with Crippen molar-refractivity contribution in [2.75, 3.05) is 13.7 Å². The van der Waals surface area contributed by atoms with E-state index in [-0.39, 0.29) is 23.1 Å². The molecule has 0 atom stereocenters. The molecule has 2 aromatic carbocycles. The number of ether oxygens (including phenoxy) is 4. The third kappa shape index (κ3) is 4.46. The van der Waals surface area contributed by atoms with Crippen molar-refractivity contribution in [1.29, 1.82) is 0 Å². The molecule has 1 aliphatic rings. The fourth-order valence-corrected chi connectivity index (χ4v) is 2.52. The molecule has 0 spiro atoms. The number of alkyl halides is 2. The zero-order valence-electron chi connectivity index (χ0n) is 15.1. The molecule has 8 heteroatoms. The van der Waals surface area contributed by atoms with Crippen LogP contribution in [0.15, 0.2) is 53.2 Å². The van der Waals surface area contributed by atoms with Crippen molar-refractivity contribution in [3.8, 4) is 17.2 Å². The molecule has 2 aromatic rings. The largest absolute Gasteiger partial charge is 0.494 e. The summed E-state index contributed by atoms with van der Waals surface area (Å²) in [6, 6.07) is 11.3. The fraction of sp³-hybridized carbons (Fsp3) is 0.200. The van der Waals surface area contributed by atoms with Gasteiger partial charge in [-0.15, -0.1) is 0 Å². The van der Waals surface area contributed by atoms with E-state index in [4.69, 9.17) is 14.2 Å². The molecule has 0 N–H and O–H groups in total. The van der Waals surface area contributed by atoms with Crippen LogP contribution in [0.2, 0.25) is 0 Å². The van der Waals surface area contributed by atoms with Crippen molar-refractivity contribution >= 4 is 17.9 Å². The molecule has 1 heterocycles. The molecule has 0 saturated carbocycles. The maximum atomic E-state index is 12.4. The van der Waals surface area contributed by atoms with Crippen LogP contribution in [0.1, 0.15) is 18.1 Å². The number of carbonyl (C=O) groups is 1. The van der Waals surface area contributed by atoms with Crippen molar-refractivity contribution in [2.45, 2.75) is 13.5 Å². The highest BCUT2D eigenvalue weighted by Gasteiger charge is 2.24. The Balaban J connectivity index is 1.84. The molecule has 28 heavy (non-hydrogen) atoms. The van der Waals surface area contributed by atoms with Crippen LogP contribution in [0.5, 0.6) is 17.2 Å². The second kappa shape index (κ2) is 8.51. The highest BCUT2D eigenvalue weighted by atomic mass is 19.3. The Morgan fingerprint density at radius 3 is 2.54 bits per heavy atom. The molecule has 0 amide bonds. The first-order valence-corrected chi connectivity index (χ1v) is 8.38. The standard InChI is InChI=1S/C20H17F2NO5/c1-3-26-14-7-5-13(6-8-14)18-23-15(19(24)28-18)10-12-4-9-16(27-20(21)22)17(11-12)25-2/h4-11,20H,3H2,1-2H3/b15-10+. The Morgan fingerprint density at radius 2 is 1.89 bits per heavy atom. The summed E-state index contributed by atoms with van der Waals surface area (Å²) in [6.45, 7) is -0.536. The van der Waals surface area contributed by atoms with Gasteiger partial charge in [-0.05, 0) is 55.0 Å². The number of benzene rings is 2. The number of carbonyl (C=O) groups excluding carboxylic acids is 1. The van der Waals surface area contributed by atoms with E-state index in [2.05, 4.69) is 9.73 Å². The maximum Gasteiger partial charge on any atom is 0.387 e. The van der Waals surface area contributed by atoms with Crippen molar-refractivity contribution in [3.05, 3.63) is 59.3 Å². The summed E-state index contributed by atoms with van der Waals surface area (Å²) in [5, 5.41) is 0. The van der Waals surface area contributed by atoms with Crippen LogP contribution in [0.25, 0.3) is 6.08 Å². The lowest BCUT2D eigenvalue weighted by molar-refractivity contribution is -0.129. The van der Waals surface area contributed by atoms with Crippen LogP contribution < -0.4 is 14.2 Å². The third-order valence-electron chi connectivity index (χ3n) is 3.74. The molecular formula is C20H17F2NO5. The van der Waals surface area contributed by atoms with Crippen LogP contribution in [0.4, 0.5) is 8.78 Å². The first kappa shape index (κ1) is 19.3. The zero-order chi connectivity index (χ0) is 20.1. The van der Waals surface area contributed by atoms with E-state index >= 15 is 0 Å². The number of esters is 1. The van der Waals surface area contributed by atoms with E-state index in [0.29, 0.717) is 23.5 Å². The Kier molecular flexibility index (Phi) is 5.88. The predicted molar refractivity (Wildman–Crippen MR) is 97.8 cm³/mol. The summed E-state index contributed by atoms with van der Waals surface area (Å²) in [5.41, 5.74) is 1.22. The second-order valence-corrected chi connectivity index (χ2v) is 5.58. The predicted octanol–water partition coefficient (Wildman–Crippen LogP) is 4.04. The van der Waals surface area contributed by atoms with Gasteiger partial charge in [0.1, 0.15) is 5.75 Å². The average Bonchev–Trinajstić information content (AvgIpc) is 3.04. The van der Waals surface area contributed by atoms with Crippen LogP contribution in [-0.2, 0) is 9.53 Å². The Bertz CT molecular complexity index is 923. The molecule has 6 nitrogen and oxygen atoms in total. The molecule has 0 saturated heterocycles. The summed E-state index contributed by atoms with van der Waals surface area (Å²) in [6.07, 6.45) is 1.47. The van der Waals surface area contributed by atoms with Crippen LogP contribution in [-0.4, -0.2) is 32.2 Å². The molecule has 0 fully saturated rings. The van der Waals surface area contributed by atoms with Gasteiger partial charge in [-0.2, -0.15) is 8.78 Å². The van der Waals surface area contributed by atoms with Gasteiger partial charge in [0.25, 0.3) is 0 Å². The second-order valence-electron chi connectivity index (χ2n) is 5.58. The first-order valence-electron chi connectivity index (χ1n) is 8.38. The van der Waals surface area contributed by atoms with E-state index in [1.54, 1.807) is 24.3 Å². The number of nitrogens with zero attached hydrogens (tertiary/aromatic N) is 1. The number of rotatable bonds is 7. The van der Waals surface area contributed by atoms with Gasteiger partial charge in [0.05, 0.1) is 13.7 Å². The maximum absolute atomic E-state index is 12.4. The zero-order valence-corrected chi connectivity index (χ0v) is 15.1. The average molecular weight is 389 g/mol. The molecule has 3 rings (SSSR count). The molecule has 1 aliphatic heterocycles. The molecule has 0 bridgehead atoms. The van der Waals surface area contributed by atoms with Gasteiger partial charge in [-0.25, -0.2) is 9.79 Å². The normalized spacial score (nSPS) is 14.8. The summed E-state index contributed by atoms with van der Waals surface area (Å²) >= 11 is 0. The minimum atomic E-state index is -2.97. The van der Waals surface area contributed by atoms with Gasteiger partial charge in [-0.3, -0.25) is 0 Å². The molecular weight excluding hydrogens is 372 g/mol. The van der Waals surface area contributed by atoms with Crippen LogP contribution in [0, 0.1) is 0 Å². The molecule has 0 aliphatic carbocycles. The van der Waals surface area contributed by atoms with Crippen molar-refractivity contribution < 1.29 is 32.5 Å². The van der Waals surface area contributed by atoms with Gasteiger partial charge in [0, 0.05) is 5.56 Å². The highest BCUT2D eigenvalue weighted by molar-refractivity contribution is 6.12. The smallest absolute Gasteiger partial charge is 0.387 e. The Labute approximate surface area is 160 Å². The fourth-order valence-electron chi connectivity index (χ4n) is 2.52. The minimum Gasteiger partial charge on any atom is -0.494 e.